The van der Waals surface area contributed by atoms with Crippen LogP contribution in [0.1, 0.15) is 57.5 Å². The number of carbonyl (C=O) groups is 3. The summed E-state index contributed by atoms with van der Waals surface area (Å²) in [6.07, 6.45) is -1.49. The van der Waals surface area contributed by atoms with E-state index in [1.54, 1.807) is 71.9 Å². The van der Waals surface area contributed by atoms with Crippen LogP contribution in [-0.4, -0.2) is 52.1 Å². The van der Waals surface area contributed by atoms with Crippen molar-refractivity contribution in [2.24, 2.45) is 4.99 Å². The Labute approximate surface area is 239 Å². The molecule has 4 N–H and O–H groups in total. The Hall–Kier alpha value is -4.80. The number of nitrogens with zero attached hydrogens (tertiary/aromatic N) is 1. The van der Waals surface area contributed by atoms with E-state index in [0.717, 1.165) is 0 Å². The highest BCUT2D eigenvalue weighted by atomic mass is 16.6. The predicted molar refractivity (Wildman–Crippen MR) is 154 cm³/mol. The summed E-state index contributed by atoms with van der Waals surface area (Å²) in [6.45, 7) is 10.1. The van der Waals surface area contributed by atoms with Crippen LogP contribution in [0.3, 0.4) is 0 Å². The van der Waals surface area contributed by atoms with E-state index in [0.29, 0.717) is 5.56 Å². The Morgan fingerprint density at radius 1 is 0.805 bits per heavy atom. The second-order valence-electron chi connectivity index (χ2n) is 10.7. The molecule has 11 heteroatoms. The molecule has 0 fully saturated rings. The molecular weight excluding hydrogens is 530 g/mol. The van der Waals surface area contributed by atoms with E-state index in [2.05, 4.69) is 15.6 Å². The van der Waals surface area contributed by atoms with Crippen molar-refractivity contribution in [2.75, 3.05) is 6.61 Å². The summed E-state index contributed by atoms with van der Waals surface area (Å²) in [4.78, 5) is 40.9. The summed E-state index contributed by atoms with van der Waals surface area (Å²) in [5.41, 5.74) is -1.02. The molecular formula is C30H37N3O8. The zero-order valence-electron chi connectivity index (χ0n) is 24.1. The Morgan fingerprint density at radius 2 is 1.34 bits per heavy atom. The first kappa shape index (κ1) is 32.4. The van der Waals surface area contributed by atoms with Gasteiger partial charge in [0.1, 0.15) is 28.3 Å². The van der Waals surface area contributed by atoms with Gasteiger partial charge in [-0.25, -0.2) is 19.4 Å². The van der Waals surface area contributed by atoms with Gasteiger partial charge in [0.2, 0.25) is 5.96 Å². The van der Waals surface area contributed by atoms with E-state index < -0.39 is 29.4 Å². The van der Waals surface area contributed by atoms with Gasteiger partial charge in [-0.3, -0.25) is 10.6 Å². The maximum atomic E-state index is 12.4. The van der Waals surface area contributed by atoms with Gasteiger partial charge in [0.25, 0.3) is 0 Å². The van der Waals surface area contributed by atoms with E-state index >= 15 is 0 Å². The summed E-state index contributed by atoms with van der Waals surface area (Å²) >= 11 is 0. The summed E-state index contributed by atoms with van der Waals surface area (Å²) < 4.78 is 16.3. The lowest BCUT2D eigenvalue weighted by Gasteiger charge is -2.22. The van der Waals surface area contributed by atoms with Crippen molar-refractivity contribution < 1.29 is 38.8 Å². The number of nitrogens with one attached hydrogen (secondary N) is 2. The number of amides is 2. The number of hydrogen-bond acceptors (Lipinski definition) is 8. The van der Waals surface area contributed by atoms with Gasteiger partial charge in [0.15, 0.2) is 0 Å². The highest BCUT2D eigenvalue weighted by Crippen LogP contribution is 2.26. The monoisotopic (exact) mass is 567 g/mol. The molecule has 2 aromatic rings. The smallest absolute Gasteiger partial charge is 0.414 e. The second-order valence-corrected chi connectivity index (χ2v) is 10.7. The molecule has 0 heterocycles. The third-order valence-electron chi connectivity index (χ3n) is 4.74. The van der Waals surface area contributed by atoms with Gasteiger partial charge >= 0.3 is 18.2 Å². The van der Waals surface area contributed by atoms with Crippen molar-refractivity contribution in [2.45, 2.75) is 59.2 Å². The van der Waals surface area contributed by atoms with Gasteiger partial charge in [0, 0.05) is 12.5 Å². The molecule has 0 saturated carbocycles. The number of carboxylic acid groups (broad SMARTS) is 1. The first-order valence-corrected chi connectivity index (χ1v) is 12.8. The molecule has 11 nitrogen and oxygen atoms in total. The quantitative estimate of drug-likeness (QED) is 0.249. The summed E-state index contributed by atoms with van der Waals surface area (Å²) in [5.74, 6) is -1.49. The minimum absolute atomic E-state index is 0.00468. The van der Waals surface area contributed by atoms with E-state index in [-0.39, 0.29) is 41.7 Å². The molecule has 0 bridgehead atoms. The van der Waals surface area contributed by atoms with Crippen molar-refractivity contribution in [1.29, 1.82) is 0 Å². The van der Waals surface area contributed by atoms with Gasteiger partial charge in [-0.15, -0.1) is 0 Å². The molecule has 2 amide bonds. The molecule has 0 atom stereocenters. The number of carboxylic acids is 1. The van der Waals surface area contributed by atoms with Crippen LogP contribution in [0.5, 0.6) is 11.5 Å². The fourth-order valence-corrected chi connectivity index (χ4v) is 3.14. The number of aromatic carboxylic acids is 1. The molecule has 0 aliphatic carbocycles. The third kappa shape index (κ3) is 12.7. The molecule has 0 aliphatic heterocycles. The lowest BCUT2D eigenvalue weighted by atomic mass is 10.1. The minimum atomic E-state index is -1.23. The average Bonchev–Trinajstić information content (AvgIpc) is 2.81. The Morgan fingerprint density at radius 3 is 1.88 bits per heavy atom. The first-order valence-electron chi connectivity index (χ1n) is 12.8. The van der Waals surface area contributed by atoms with E-state index in [1.807, 2.05) is 18.2 Å². The number of carbonyl (C=O) groups excluding carboxylic acids is 2. The van der Waals surface area contributed by atoms with Crippen molar-refractivity contribution >= 4 is 29.8 Å². The van der Waals surface area contributed by atoms with Crippen molar-refractivity contribution in [1.82, 2.24) is 10.6 Å². The standard InChI is InChI=1S/C30H37N3O8/c1-29(2,3)40-27(37)32-26(33-28(38)41-30(4,5)6)31-21-15-16-22(25(35)36)24(19-21)39-18-17-20-13-11-9-7-8-10-12-14-23(20)34/h7-16,19,34H,17-18H2,1-6H3,(H,35,36)(H2,31,32,33,37,38). The summed E-state index contributed by atoms with van der Waals surface area (Å²) in [7, 11) is 0. The van der Waals surface area contributed by atoms with Crippen LogP contribution >= 0.6 is 0 Å². The Balaban J connectivity index is 2.36. The molecule has 0 radical (unpaired) electrons. The normalized spacial score (nSPS) is 10.9. The molecule has 0 aliphatic rings. The molecule has 220 valence electrons. The van der Waals surface area contributed by atoms with Gasteiger partial charge in [0.05, 0.1) is 12.3 Å². The topological polar surface area (TPSA) is 156 Å². The summed E-state index contributed by atoms with van der Waals surface area (Å²) in [5, 5.41) is 24.8. The lowest BCUT2D eigenvalue weighted by Crippen LogP contribution is -2.47. The van der Waals surface area contributed by atoms with Gasteiger partial charge < -0.3 is 24.4 Å². The maximum absolute atomic E-state index is 12.4. The lowest BCUT2D eigenvalue weighted by molar-refractivity contribution is 0.0543. The molecule has 41 heavy (non-hydrogen) atoms. The maximum Gasteiger partial charge on any atom is 0.414 e. The number of guanidine groups is 1. The van der Waals surface area contributed by atoms with Gasteiger partial charge in [-0.2, -0.15) is 0 Å². The number of aromatic hydroxyl groups is 1. The number of aliphatic imine (C=N–C) groups is 1. The van der Waals surface area contributed by atoms with Crippen molar-refractivity contribution in [3.05, 3.63) is 77.9 Å². The van der Waals surface area contributed by atoms with Crippen LogP contribution in [0, 0.1) is 0 Å². The zero-order chi connectivity index (χ0) is 30.6. The summed E-state index contributed by atoms with van der Waals surface area (Å²) in [6, 6.07) is 18.0. The second kappa shape index (κ2) is 14.5. The predicted octanol–water partition coefficient (Wildman–Crippen LogP) is 5.87. The fourth-order valence-electron chi connectivity index (χ4n) is 3.14. The van der Waals surface area contributed by atoms with Crippen molar-refractivity contribution in [3.63, 3.8) is 0 Å². The minimum Gasteiger partial charge on any atom is -0.508 e. The highest BCUT2D eigenvalue weighted by Gasteiger charge is 2.22. The van der Waals surface area contributed by atoms with Gasteiger partial charge in [-0.05, 0) is 65.3 Å². The number of rotatable bonds is 6. The number of alkyl carbamates (subject to hydrolysis) is 2. The Kier molecular flexibility index (Phi) is 11.5. The SMILES string of the molecule is CC(C)(C)OC(=O)NC(=Nc1ccc(C(=O)O)c(OCCc2ccccccccc2O)c1)NC(=O)OC(C)(C)C. The number of hydrogen-bond donors (Lipinski definition) is 4. The van der Waals surface area contributed by atoms with Crippen LogP contribution in [-0.2, 0) is 15.9 Å². The molecule has 2 rings (SSSR count). The Bertz CT molecular complexity index is 1290. The molecule has 0 spiro atoms. The average molecular weight is 568 g/mol. The van der Waals surface area contributed by atoms with E-state index in [1.165, 1.54) is 18.2 Å². The number of ether oxygens (including phenoxy) is 3. The number of benzene rings is 1. The molecule has 0 unspecified atom stereocenters. The molecule has 0 aromatic heterocycles. The molecule has 0 saturated heterocycles. The highest BCUT2D eigenvalue weighted by molar-refractivity contribution is 6.02. The fraction of sp³-hybridized carbons (Fsp3) is 0.333. The van der Waals surface area contributed by atoms with Crippen molar-refractivity contribution in [3.8, 4) is 11.5 Å². The van der Waals surface area contributed by atoms with Crippen LogP contribution in [0.4, 0.5) is 15.3 Å². The zero-order valence-corrected chi connectivity index (χ0v) is 24.1. The van der Waals surface area contributed by atoms with Crippen LogP contribution < -0.4 is 15.4 Å². The third-order valence-corrected chi connectivity index (χ3v) is 4.74. The first-order chi connectivity index (χ1) is 19.1. The van der Waals surface area contributed by atoms with Crippen LogP contribution in [0.25, 0.3) is 0 Å². The van der Waals surface area contributed by atoms with Crippen LogP contribution in [0.15, 0.2) is 71.7 Å². The molecule has 2 aromatic carbocycles. The van der Waals surface area contributed by atoms with E-state index in [4.69, 9.17) is 14.2 Å². The largest absolute Gasteiger partial charge is 0.508 e. The van der Waals surface area contributed by atoms with Gasteiger partial charge in [-0.1, -0.05) is 42.5 Å². The van der Waals surface area contributed by atoms with E-state index in [9.17, 15) is 24.6 Å². The van der Waals surface area contributed by atoms with Crippen LogP contribution in [0.2, 0.25) is 0 Å².